The first-order valence-corrected chi connectivity index (χ1v) is 10.9. The summed E-state index contributed by atoms with van der Waals surface area (Å²) in [5.74, 6) is 0.979. The Bertz CT molecular complexity index is 990. The molecule has 6 nitrogen and oxygen atoms in total. The number of carbonyl (C=O) groups is 1. The number of hydrogen-bond acceptors (Lipinski definition) is 6. The van der Waals surface area contributed by atoms with Gasteiger partial charge in [0, 0.05) is 29.8 Å². The van der Waals surface area contributed by atoms with E-state index in [4.69, 9.17) is 16.6 Å². The fraction of sp³-hybridized carbons (Fsp3) is 0.333. The fourth-order valence-electron chi connectivity index (χ4n) is 3.80. The minimum Gasteiger partial charge on any atom is -0.457 e. The Hall–Kier alpha value is -2.45. The molecule has 0 N–H and O–H groups in total. The Kier molecular flexibility index (Phi) is 5.82. The van der Waals surface area contributed by atoms with Gasteiger partial charge in [-0.05, 0) is 25.0 Å². The number of nitro groups is 1. The normalized spacial score (nSPS) is 19.7. The van der Waals surface area contributed by atoms with Crippen LogP contribution in [0, 0.1) is 10.1 Å². The third-order valence-electron chi connectivity index (χ3n) is 5.26. The maximum absolute atomic E-state index is 13.0. The maximum atomic E-state index is 13.0. The second-order valence-electron chi connectivity index (χ2n) is 7.21. The fourth-order valence-corrected chi connectivity index (χ4v) is 5.18. The van der Waals surface area contributed by atoms with Crippen molar-refractivity contribution in [3.8, 4) is 11.3 Å². The van der Waals surface area contributed by atoms with Gasteiger partial charge < -0.3 is 4.42 Å². The molecule has 0 unspecified atom stereocenters. The van der Waals surface area contributed by atoms with Crippen LogP contribution in [0.3, 0.4) is 0 Å². The Morgan fingerprint density at radius 1 is 1.17 bits per heavy atom. The quantitative estimate of drug-likeness (QED) is 0.202. The van der Waals surface area contributed by atoms with Gasteiger partial charge in [0.05, 0.1) is 9.83 Å². The van der Waals surface area contributed by atoms with Crippen molar-refractivity contribution in [2.24, 2.45) is 0 Å². The number of non-ortho nitro benzene ring substituents is 1. The van der Waals surface area contributed by atoms with Gasteiger partial charge in [0.2, 0.25) is 0 Å². The summed E-state index contributed by atoms with van der Waals surface area (Å²) in [6.45, 7) is 0. The van der Waals surface area contributed by atoms with E-state index in [9.17, 15) is 14.9 Å². The number of thiocarbonyl (C=S) groups is 1. The molecule has 1 saturated heterocycles. The summed E-state index contributed by atoms with van der Waals surface area (Å²) in [7, 11) is 0. The van der Waals surface area contributed by atoms with Crippen molar-refractivity contribution in [1.29, 1.82) is 0 Å². The summed E-state index contributed by atoms with van der Waals surface area (Å²) >= 11 is 6.80. The number of furan rings is 1. The average Bonchev–Trinajstić information content (AvgIpc) is 3.16. The van der Waals surface area contributed by atoms with Crippen molar-refractivity contribution in [2.75, 3.05) is 0 Å². The molecule has 0 bridgehead atoms. The van der Waals surface area contributed by atoms with Crippen molar-refractivity contribution < 1.29 is 14.1 Å². The Morgan fingerprint density at radius 2 is 1.93 bits per heavy atom. The summed E-state index contributed by atoms with van der Waals surface area (Å²) in [5, 5.41) is 11.0. The van der Waals surface area contributed by atoms with Crippen LogP contribution >= 0.6 is 24.0 Å². The van der Waals surface area contributed by atoms with Crippen LogP contribution in [0.4, 0.5) is 5.69 Å². The third kappa shape index (κ3) is 4.28. The molecule has 2 aromatic rings. The minimum atomic E-state index is -0.438. The number of amides is 1. The molecule has 2 heterocycles. The van der Waals surface area contributed by atoms with Gasteiger partial charge in [-0.2, -0.15) is 0 Å². The molecular weight excluding hydrogens is 408 g/mol. The van der Waals surface area contributed by atoms with E-state index in [1.54, 1.807) is 35.2 Å². The molecule has 4 rings (SSSR count). The molecule has 2 fully saturated rings. The molecule has 2 aliphatic rings. The van der Waals surface area contributed by atoms with Gasteiger partial charge in [0.15, 0.2) is 0 Å². The van der Waals surface area contributed by atoms with Crippen LogP contribution < -0.4 is 0 Å². The first kappa shape index (κ1) is 19.8. The summed E-state index contributed by atoms with van der Waals surface area (Å²) in [6.07, 6.45) is 8.39. The van der Waals surface area contributed by atoms with E-state index in [-0.39, 0.29) is 17.6 Å². The number of rotatable bonds is 4. The molecule has 1 saturated carbocycles. The summed E-state index contributed by atoms with van der Waals surface area (Å²) in [5.41, 5.74) is 0.620. The predicted octanol–water partition coefficient (Wildman–Crippen LogP) is 5.78. The van der Waals surface area contributed by atoms with Crippen LogP contribution in [0.1, 0.15) is 44.3 Å². The number of thioether (sulfide) groups is 1. The molecule has 0 atom stereocenters. The second kappa shape index (κ2) is 8.51. The molecule has 1 aliphatic carbocycles. The maximum Gasteiger partial charge on any atom is 0.270 e. The van der Waals surface area contributed by atoms with E-state index < -0.39 is 4.92 Å². The number of carbonyl (C=O) groups excluding carboxylic acids is 1. The van der Waals surface area contributed by atoms with E-state index in [1.807, 2.05) is 0 Å². The van der Waals surface area contributed by atoms with Gasteiger partial charge in [0.25, 0.3) is 11.6 Å². The van der Waals surface area contributed by atoms with Crippen molar-refractivity contribution in [3.05, 3.63) is 57.2 Å². The van der Waals surface area contributed by atoms with Crippen LogP contribution in [-0.2, 0) is 4.79 Å². The van der Waals surface area contributed by atoms with Gasteiger partial charge in [-0.25, -0.2) is 0 Å². The molecule has 29 heavy (non-hydrogen) atoms. The van der Waals surface area contributed by atoms with E-state index in [1.165, 1.54) is 36.7 Å². The summed E-state index contributed by atoms with van der Waals surface area (Å²) in [6, 6.07) is 9.96. The van der Waals surface area contributed by atoms with Crippen molar-refractivity contribution in [3.63, 3.8) is 0 Å². The Labute approximate surface area is 178 Å². The third-order valence-corrected chi connectivity index (χ3v) is 6.59. The minimum absolute atomic E-state index is 0.00437. The Balaban J connectivity index is 1.54. The largest absolute Gasteiger partial charge is 0.457 e. The first-order valence-electron chi connectivity index (χ1n) is 9.64. The highest BCUT2D eigenvalue weighted by Crippen LogP contribution is 2.37. The highest BCUT2D eigenvalue weighted by Gasteiger charge is 2.37. The first-order chi connectivity index (χ1) is 14.0. The van der Waals surface area contributed by atoms with E-state index in [2.05, 4.69) is 0 Å². The zero-order valence-corrected chi connectivity index (χ0v) is 17.3. The van der Waals surface area contributed by atoms with Crippen molar-refractivity contribution in [2.45, 2.75) is 44.6 Å². The van der Waals surface area contributed by atoms with Gasteiger partial charge in [-0.15, -0.1) is 0 Å². The lowest BCUT2D eigenvalue weighted by Gasteiger charge is -2.25. The van der Waals surface area contributed by atoms with Crippen molar-refractivity contribution in [1.82, 2.24) is 4.90 Å². The monoisotopic (exact) mass is 428 g/mol. The SMILES string of the molecule is O=C1/C(=C/c2ccc(-c3cccc([N+](=O)[O-])c3)o2)SC(=S)N1C1CCCCCC1. The smallest absolute Gasteiger partial charge is 0.270 e. The number of nitro benzene ring substituents is 1. The zero-order valence-electron chi connectivity index (χ0n) is 15.7. The van der Waals surface area contributed by atoms with E-state index in [0.717, 1.165) is 25.7 Å². The molecule has 0 radical (unpaired) electrons. The summed E-state index contributed by atoms with van der Waals surface area (Å²) in [4.78, 5) is 25.8. The second-order valence-corrected chi connectivity index (χ2v) is 8.88. The molecule has 1 aromatic heterocycles. The van der Waals surface area contributed by atoms with E-state index in [0.29, 0.717) is 26.3 Å². The number of benzene rings is 1. The average molecular weight is 429 g/mol. The molecule has 150 valence electrons. The highest BCUT2D eigenvalue weighted by atomic mass is 32.2. The van der Waals surface area contributed by atoms with Crippen LogP contribution in [0.2, 0.25) is 0 Å². The molecule has 0 spiro atoms. The topological polar surface area (TPSA) is 76.6 Å². The molecule has 1 aliphatic heterocycles. The summed E-state index contributed by atoms with van der Waals surface area (Å²) < 4.78 is 6.43. The molecule has 1 amide bonds. The van der Waals surface area contributed by atoms with Gasteiger partial charge >= 0.3 is 0 Å². The van der Waals surface area contributed by atoms with Crippen LogP contribution in [0.5, 0.6) is 0 Å². The Morgan fingerprint density at radius 3 is 2.66 bits per heavy atom. The number of nitrogens with zero attached hydrogens (tertiary/aromatic N) is 2. The number of hydrogen-bond donors (Lipinski definition) is 0. The zero-order chi connectivity index (χ0) is 20.4. The molecular formula is C21H20N2O4S2. The van der Waals surface area contributed by atoms with Crippen LogP contribution in [0.15, 0.2) is 45.7 Å². The van der Waals surface area contributed by atoms with Crippen LogP contribution in [-0.4, -0.2) is 26.1 Å². The predicted molar refractivity (Wildman–Crippen MR) is 117 cm³/mol. The lowest BCUT2D eigenvalue weighted by atomic mass is 10.1. The van der Waals surface area contributed by atoms with Crippen LogP contribution in [0.25, 0.3) is 17.4 Å². The highest BCUT2D eigenvalue weighted by molar-refractivity contribution is 8.26. The van der Waals surface area contributed by atoms with Gasteiger partial charge in [-0.1, -0.05) is 61.8 Å². The molecule has 8 heteroatoms. The van der Waals surface area contributed by atoms with Gasteiger partial charge in [0.1, 0.15) is 15.8 Å². The van der Waals surface area contributed by atoms with Crippen molar-refractivity contribution >= 4 is 46.0 Å². The lowest BCUT2D eigenvalue weighted by Crippen LogP contribution is -2.38. The van der Waals surface area contributed by atoms with Gasteiger partial charge in [-0.3, -0.25) is 19.8 Å². The van der Waals surface area contributed by atoms with E-state index >= 15 is 0 Å². The lowest BCUT2D eigenvalue weighted by molar-refractivity contribution is -0.384. The molecule has 1 aromatic carbocycles. The standard InChI is InChI=1S/C21H20N2O4S2/c24-20-19(29-21(28)22(20)15-7-3-1-2-4-8-15)13-17-10-11-18(27-17)14-6-5-9-16(12-14)23(25)26/h5-6,9-13,15H,1-4,7-8H2/b19-13-.